The number of carbonyl (C=O) groups is 1. The molecule has 2 amide bonds. The molecule has 6 rings (SSSR count). The molecule has 0 radical (unpaired) electrons. The fraction of sp³-hybridized carbons (Fsp3) is 0.357. The maximum Gasteiger partial charge on any atom is 0.387 e. The van der Waals surface area contributed by atoms with Crippen LogP contribution in [0.3, 0.4) is 0 Å². The van der Waals surface area contributed by atoms with E-state index in [9.17, 15) is 18.4 Å². The number of carbonyl (C=O) groups excluding carboxylic acids is 1. The predicted octanol–water partition coefficient (Wildman–Crippen LogP) is 2.81. The standard InChI is InChI=1S/C28H29F2N7O4/c1-34-25(38)21-7-6-17(19-11-31-27(32-12-19)35-8-9-36-20(14-35)13-33-28(36)39)10-23(21)37(34)15-22-18(16-40-2)4-3-5-24(22)41-26(29)30/h3-7,10-12,20,26H,8-9,13-16H2,1-2H3,(H,33,39)/t20-/m1/s1. The van der Waals surface area contributed by atoms with Gasteiger partial charge in [0.25, 0.3) is 5.56 Å². The SMILES string of the molecule is COCc1cccc(OC(F)F)c1Cn1c2cc(-c3cnc(N4CCN5C(=O)NC[C@@H]5C4)nc3)ccc2c(=O)n1C. The summed E-state index contributed by atoms with van der Waals surface area (Å²) in [5.41, 5.74) is 3.16. The number of nitrogens with one attached hydrogen (secondary N) is 1. The Morgan fingerprint density at radius 2 is 1.90 bits per heavy atom. The largest absolute Gasteiger partial charge is 0.434 e. The molecule has 0 saturated carbocycles. The highest BCUT2D eigenvalue weighted by molar-refractivity contribution is 5.84. The molecule has 0 unspecified atom stereocenters. The normalized spacial score (nSPS) is 16.9. The van der Waals surface area contributed by atoms with E-state index in [2.05, 4.69) is 20.2 Å². The lowest BCUT2D eigenvalue weighted by Crippen LogP contribution is -2.52. The summed E-state index contributed by atoms with van der Waals surface area (Å²) < 4.78 is 39.7. The fourth-order valence-corrected chi connectivity index (χ4v) is 5.60. The Labute approximate surface area is 233 Å². The van der Waals surface area contributed by atoms with Crippen molar-refractivity contribution in [3.63, 3.8) is 0 Å². The number of urea groups is 1. The zero-order valence-electron chi connectivity index (χ0n) is 22.6. The van der Waals surface area contributed by atoms with Crippen molar-refractivity contribution in [2.75, 3.05) is 38.2 Å². The molecule has 2 aromatic heterocycles. The van der Waals surface area contributed by atoms with E-state index in [-0.39, 0.29) is 36.5 Å². The lowest BCUT2D eigenvalue weighted by Gasteiger charge is -2.36. The third kappa shape index (κ3) is 4.97. The molecule has 41 heavy (non-hydrogen) atoms. The fourth-order valence-electron chi connectivity index (χ4n) is 5.60. The molecule has 11 nitrogen and oxygen atoms in total. The van der Waals surface area contributed by atoms with Crippen molar-refractivity contribution in [1.82, 2.24) is 29.5 Å². The zero-order chi connectivity index (χ0) is 28.7. The van der Waals surface area contributed by atoms with Gasteiger partial charge in [-0.25, -0.2) is 14.8 Å². The molecule has 214 valence electrons. The van der Waals surface area contributed by atoms with Crippen molar-refractivity contribution < 1.29 is 23.0 Å². The molecule has 1 atom stereocenters. The van der Waals surface area contributed by atoms with E-state index in [0.717, 1.165) is 11.1 Å². The summed E-state index contributed by atoms with van der Waals surface area (Å²) in [6.45, 7) is -0.164. The second-order valence-corrected chi connectivity index (χ2v) is 10.1. The van der Waals surface area contributed by atoms with Gasteiger partial charge in [-0.3, -0.25) is 14.2 Å². The van der Waals surface area contributed by atoms with Crippen LogP contribution in [0.4, 0.5) is 19.5 Å². The Bertz CT molecular complexity index is 1650. The number of rotatable bonds is 8. The molecule has 0 spiro atoms. The summed E-state index contributed by atoms with van der Waals surface area (Å²) in [5.74, 6) is 0.620. The second kappa shape index (κ2) is 10.8. The van der Waals surface area contributed by atoms with E-state index < -0.39 is 6.61 Å². The number of nitrogens with zero attached hydrogens (tertiary/aromatic N) is 6. The molecule has 0 bridgehead atoms. The summed E-state index contributed by atoms with van der Waals surface area (Å²) in [6, 6.07) is 10.4. The van der Waals surface area contributed by atoms with Crippen LogP contribution in [-0.4, -0.2) is 76.2 Å². The Morgan fingerprint density at radius 3 is 2.66 bits per heavy atom. The molecule has 4 aromatic rings. The quantitative estimate of drug-likeness (QED) is 0.350. The molecule has 13 heteroatoms. The number of piperazine rings is 1. The lowest BCUT2D eigenvalue weighted by atomic mass is 10.1. The smallest absolute Gasteiger partial charge is 0.387 e. The third-order valence-corrected chi connectivity index (χ3v) is 7.70. The third-order valence-electron chi connectivity index (χ3n) is 7.70. The van der Waals surface area contributed by atoms with E-state index in [4.69, 9.17) is 9.47 Å². The lowest BCUT2D eigenvalue weighted by molar-refractivity contribution is -0.0506. The Balaban J connectivity index is 1.32. The van der Waals surface area contributed by atoms with Crippen LogP contribution in [0.2, 0.25) is 0 Å². The van der Waals surface area contributed by atoms with Gasteiger partial charge in [0, 0.05) is 63.9 Å². The average molecular weight is 566 g/mol. The van der Waals surface area contributed by atoms with E-state index in [1.165, 1.54) is 17.9 Å². The monoisotopic (exact) mass is 565 g/mol. The molecule has 2 saturated heterocycles. The summed E-state index contributed by atoms with van der Waals surface area (Å²) in [6.07, 6.45) is 3.48. The molecule has 4 heterocycles. The van der Waals surface area contributed by atoms with E-state index in [1.807, 2.05) is 17.0 Å². The first-order chi connectivity index (χ1) is 19.8. The number of alkyl halides is 2. The average Bonchev–Trinajstić information content (AvgIpc) is 3.46. The van der Waals surface area contributed by atoms with E-state index in [0.29, 0.717) is 54.2 Å². The topological polar surface area (TPSA) is 107 Å². The van der Waals surface area contributed by atoms with Crippen LogP contribution in [0.25, 0.3) is 22.0 Å². The van der Waals surface area contributed by atoms with Gasteiger partial charge in [-0.15, -0.1) is 0 Å². The number of amides is 2. The van der Waals surface area contributed by atoms with Gasteiger partial charge < -0.3 is 24.6 Å². The number of hydrogen-bond donors (Lipinski definition) is 1. The summed E-state index contributed by atoms with van der Waals surface area (Å²) in [7, 11) is 3.16. The Morgan fingerprint density at radius 1 is 1.10 bits per heavy atom. The van der Waals surface area contributed by atoms with Crippen LogP contribution in [0.5, 0.6) is 5.75 Å². The van der Waals surface area contributed by atoms with Gasteiger partial charge in [-0.1, -0.05) is 18.2 Å². The predicted molar refractivity (Wildman–Crippen MR) is 147 cm³/mol. The van der Waals surface area contributed by atoms with Crippen molar-refractivity contribution in [2.45, 2.75) is 25.8 Å². The molecule has 2 fully saturated rings. The molecule has 1 N–H and O–H groups in total. The number of methoxy groups -OCH3 is 1. The van der Waals surface area contributed by atoms with Crippen molar-refractivity contribution >= 4 is 22.9 Å². The van der Waals surface area contributed by atoms with Crippen LogP contribution >= 0.6 is 0 Å². The maximum atomic E-state index is 13.2. The molecule has 2 aliphatic heterocycles. The minimum atomic E-state index is -2.99. The van der Waals surface area contributed by atoms with Crippen molar-refractivity contribution in [1.29, 1.82) is 0 Å². The highest BCUT2D eigenvalue weighted by Gasteiger charge is 2.36. The highest BCUT2D eigenvalue weighted by atomic mass is 19.3. The van der Waals surface area contributed by atoms with E-state index >= 15 is 0 Å². The van der Waals surface area contributed by atoms with E-state index in [1.54, 1.807) is 42.3 Å². The van der Waals surface area contributed by atoms with Gasteiger partial charge in [0.15, 0.2) is 0 Å². The Hall–Kier alpha value is -4.52. The maximum absolute atomic E-state index is 13.2. The number of anilines is 1. The van der Waals surface area contributed by atoms with Crippen LogP contribution in [0, 0.1) is 0 Å². The summed E-state index contributed by atoms with van der Waals surface area (Å²) in [4.78, 5) is 38.1. The molecule has 2 aromatic carbocycles. The number of halogens is 2. The minimum absolute atomic E-state index is 0.0272. The summed E-state index contributed by atoms with van der Waals surface area (Å²) >= 11 is 0. The molecule has 2 aliphatic rings. The minimum Gasteiger partial charge on any atom is -0.434 e. The van der Waals surface area contributed by atoms with Gasteiger partial charge in [0.1, 0.15) is 5.75 Å². The van der Waals surface area contributed by atoms with Gasteiger partial charge in [-0.05, 0) is 29.3 Å². The zero-order valence-corrected chi connectivity index (χ0v) is 22.6. The Kier molecular flexibility index (Phi) is 7.03. The van der Waals surface area contributed by atoms with Crippen molar-refractivity contribution in [3.8, 4) is 16.9 Å². The highest BCUT2D eigenvalue weighted by Crippen LogP contribution is 2.29. The van der Waals surface area contributed by atoms with Crippen molar-refractivity contribution in [2.24, 2.45) is 7.05 Å². The second-order valence-electron chi connectivity index (χ2n) is 10.1. The van der Waals surface area contributed by atoms with Gasteiger partial charge in [-0.2, -0.15) is 8.78 Å². The van der Waals surface area contributed by atoms with Gasteiger partial charge >= 0.3 is 12.6 Å². The first-order valence-corrected chi connectivity index (χ1v) is 13.2. The van der Waals surface area contributed by atoms with Crippen molar-refractivity contribution in [3.05, 3.63) is 70.3 Å². The van der Waals surface area contributed by atoms with Crippen LogP contribution in [-0.2, 0) is 24.9 Å². The van der Waals surface area contributed by atoms with Gasteiger partial charge in [0.05, 0.1) is 30.1 Å². The molecular formula is C28H29F2N7O4. The van der Waals surface area contributed by atoms with Gasteiger partial charge in [0.2, 0.25) is 5.95 Å². The van der Waals surface area contributed by atoms with Crippen LogP contribution in [0.1, 0.15) is 11.1 Å². The number of hydrogen-bond acceptors (Lipinski definition) is 7. The summed E-state index contributed by atoms with van der Waals surface area (Å²) in [5, 5.41) is 3.36. The van der Waals surface area contributed by atoms with Crippen LogP contribution in [0.15, 0.2) is 53.6 Å². The number of ether oxygens (including phenoxy) is 2. The number of aromatic nitrogens is 4. The first kappa shape index (κ1) is 26.7. The first-order valence-electron chi connectivity index (χ1n) is 13.2. The number of fused-ring (bicyclic) bond motifs is 2. The molecule has 0 aliphatic carbocycles. The molecular weight excluding hydrogens is 536 g/mol. The van der Waals surface area contributed by atoms with Crippen LogP contribution < -0.4 is 20.5 Å². The number of benzene rings is 2.